The number of rotatable bonds is 4. The van der Waals surface area contributed by atoms with Gasteiger partial charge in [0.1, 0.15) is 17.9 Å². The van der Waals surface area contributed by atoms with E-state index < -0.39 is 17.2 Å². The fourth-order valence-corrected chi connectivity index (χ4v) is 4.41. The largest absolute Gasteiger partial charge is 0.487 e. The maximum Gasteiger partial charge on any atom is 0.341 e. The lowest BCUT2D eigenvalue weighted by Gasteiger charge is -2.31. The Morgan fingerprint density at radius 3 is 2.79 bits per heavy atom. The van der Waals surface area contributed by atoms with Gasteiger partial charge >= 0.3 is 5.97 Å². The number of anilines is 1. The molecular weight excluding hydrogens is 401 g/mol. The van der Waals surface area contributed by atoms with Crippen LogP contribution >= 0.6 is 12.4 Å². The second kappa shape index (κ2) is 7.84. The van der Waals surface area contributed by atoms with Gasteiger partial charge in [-0.1, -0.05) is 13.3 Å². The van der Waals surface area contributed by atoms with Crippen molar-refractivity contribution in [2.75, 3.05) is 24.6 Å². The Balaban J connectivity index is 0.00000240. The second-order valence-electron chi connectivity index (χ2n) is 7.79. The Bertz CT molecular complexity index is 1030. The molecule has 2 aliphatic rings. The molecule has 0 saturated carbocycles. The standard InChI is InChI=1S/C20H24FN3O4.ClH/c1-3-4-11-6-23(8-15(11)22)17-14(21)5-12-16-19(17)28-9-10(2)24(16)7-13(18(12)25)20(26)27;/h5,7,10-11,15H,3-4,6,8-9,22H2,1-2H3,(H,26,27);1H/t10-,11-,15+;/m0./s1. The molecule has 1 aromatic carbocycles. The van der Waals surface area contributed by atoms with E-state index in [1.807, 2.05) is 11.8 Å². The molecule has 9 heteroatoms. The predicted molar refractivity (Wildman–Crippen MR) is 111 cm³/mol. The molecule has 3 heterocycles. The van der Waals surface area contributed by atoms with Crippen LogP contribution in [0.5, 0.6) is 5.75 Å². The van der Waals surface area contributed by atoms with Crippen molar-refractivity contribution in [2.45, 2.75) is 38.8 Å². The van der Waals surface area contributed by atoms with Gasteiger partial charge in [-0.05, 0) is 25.3 Å². The third-order valence-electron chi connectivity index (χ3n) is 5.84. The number of carboxylic acid groups (broad SMARTS) is 1. The minimum atomic E-state index is -1.33. The van der Waals surface area contributed by atoms with Gasteiger partial charge in [-0.25, -0.2) is 9.18 Å². The molecule has 3 atom stereocenters. The summed E-state index contributed by atoms with van der Waals surface area (Å²) < 4.78 is 22.8. The zero-order chi connectivity index (χ0) is 20.2. The molecule has 158 valence electrons. The van der Waals surface area contributed by atoms with E-state index in [4.69, 9.17) is 10.5 Å². The number of aromatic nitrogens is 1. The smallest absolute Gasteiger partial charge is 0.341 e. The topological polar surface area (TPSA) is 97.8 Å². The summed E-state index contributed by atoms with van der Waals surface area (Å²) in [5, 5.41) is 9.39. The summed E-state index contributed by atoms with van der Waals surface area (Å²) in [4.78, 5) is 26.0. The lowest BCUT2D eigenvalue weighted by Crippen LogP contribution is -2.31. The first-order chi connectivity index (χ1) is 13.3. The van der Waals surface area contributed by atoms with Gasteiger partial charge in [-0.15, -0.1) is 12.4 Å². The van der Waals surface area contributed by atoms with E-state index in [0.717, 1.165) is 18.9 Å². The number of pyridine rings is 1. The molecule has 7 nitrogen and oxygen atoms in total. The average molecular weight is 426 g/mol. The summed E-state index contributed by atoms with van der Waals surface area (Å²) in [5.74, 6) is -1.35. The van der Waals surface area contributed by atoms with Crippen molar-refractivity contribution in [1.29, 1.82) is 0 Å². The molecule has 2 aliphatic heterocycles. The number of hydrogen-bond acceptors (Lipinski definition) is 5. The maximum atomic E-state index is 15.2. The number of ether oxygens (including phenoxy) is 1. The number of carboxylic acids is 1. The van der Waals surface area contributed by atoms with E-state index in [0.29, 0.717) is 30.0 Å². The quantitative estimate of drug-likeness (QED) is 0.781. The first-order valence-corrected chi connectivity index (χ1v) is 9.61. The fourth-order valence-electron chi connectivity index (χ4n) is 4.41. The van der Waals surface area contributed by atoms with Crippen LogP contribution in [-0.2, 0) is 0 Å². The summed E-state index contributed by atoms with van der Waals surface area (Å²) >= 11 is 0. The summed E-state index contributed by atoms with van der Waals surface area (Å²) in [6, 6.07) is 0.904. The molecule has 4 rings (SSSR count). The molecule has 1 fully saturated rings. The van der Waals surface area contributed by atoms with Crippen molar-refractivity contribution in [2.24, 2.45) is 11.7 Å². The van der Waals surface area contributed by atoms with Crippen LogP contribution in [0.3, 0.4) is 0 Å². The van der Waals surface area contributed by atoms with Gasteiger partial charge in [0.15, 0.2) is 11.6 Å². The molecule has 29 heavy (non-hydrogen) atoms. The van der Waals surface area contributed by atoms with Crippen LogP contribution in [0.4, 0.5) is 10.1 Å². The monoisotopic (exact) mass is 425 g/mol. The molecule has 1 saturated heterocycles. The number of carbonyl (C=O) groups is 1. The van der Waals surface area contributed by atoms with Crippen molar-refractivity contribution < 1.29 is 19.0 Å². The van der Waals surface area contributed by atoms with Gasteiger partial charge in [0.2, 0.25) is 5.43 Å². The highest BCUT2D eigenvalue weighted by Gasteiger charge is 2.35. The molecular formula is C20H25ClFN3O4. The minimum absolute atomic E-state index is 0. The summed E-state index contributed by atoms with van der Waals surface area (Å²) in [6.07, 6.45) is 3.30. The number of halogens is 2. The van der Waals surface area contributed by atoms with Crippen LogP contribution in [0.15, 0.2) is 17.1 Å². The maximum absolute atomic E-state index is 15.2. The number of benzene rings is 1. The molecule has 0 bridgehead atoms. The van der Waals surface area contributed by atoms with Crippen LogP contribution < -0.4 is 20.8 Å². The van der Waals surface area contributed by atoms with E-state index in [9.17, 15) is 14.7 Å². The normalized spacial score (nSPS) is 23.0. The predicted octanol–water partition coefficient (Wildman–Crippen LogP) is 2.78. The summed E-state index contributed by atoms with van der Waals surface area (Å²) in [6.45, 7) is 5.36. The number of nitrogens with two attached hydrogens (primary N) is 1. The van der Waals surface area contributed by atoms with Gasteiger partial charge in [-0.2, -0.15) is 0 Å². The summed E-state index contributed by atoms with van der Waals surface area (Å²) in [5.41, 5.74) is 5.94. The van der Waals surface area contributed by atoms with Gasteiger partial charge in [-0.3, -0.25) is 4.79 Å². The highest BCUT2D eigenvalue weighted by Crippen LogP contribution is 2.43. The van der Waals surface area contributed by atoms with Crippen molar-refractivity contribution >= 4 is 35.0 Å². The molecule has 0 amide bonds. The fraction of sp³-hybridized carbons (Fsp3) is 0.500. The van der Waals surface area contributed by atoms with Crippen molar-refractivity contribution in [1.82, 2.24) is 4.57 Å². The first kappa shape index (κ1) is 21.4. The number of nitrogens with zero attached hydrogens (tertiary/aromatic N) is 2. The lowest BCUT2D eigenvalue weighted by atomic mass is 9.99. The van der Waals surface area contributed by atoms with Crippen molar-refractivity contribution in [3.05, 3.63) is 33.9 Å². The van der Waals surface area contributed by atoms with E-state index in [1.54, 1.807) is 4.57 Å². The van der Waals surface area contributed by atoms with Crippen LogP contribution in [0.25, 0.3) is 10.9 Å². The van der Waals surface area contributed by atoms with Gasteiger partial charge < -0.3 is 25.0 Å². The zero-order valence-corrected chi connectivity index (χ0v) is 17.2. The van der Waals surface area contributed by atoms with E-state index in [1.165, 1.54) is 6.20 Å². The van der Waals surface area contributed by atoms with E-state index in [-0.39, 0.29) is 48.0 Å². The third-order valence-corrected chi connectivity index (χ3v) is 5.84. The molecule has 1 aromatic heterocycles. The molecule has 0 unspecified atom stereocenters. The summed E-state index contributed by atoms with van der Waals surface area (Å²) in [7, 11) is 0. The number of aromatic carboxylic acids is 1. The first-order valence-electron chi connectivity index (χ1n) is 9.61. The Morgan fingerprint density at radius 2 is 2.14 bits per heavy atom. The van der Waals surface area contributed by atoms with Gasteiger partial charge in [0.05, 0.1) is 16.9 Å². The molecule has 0 spiro atoms. The van der Waals surface area contributed by atoms with Crippen molar-refractivity contribution in [3.63, 3.8) is 0 Å². The molecule has 2 aromatic rings. The molecule has 0 aliphatic carbocycles. The van der Waals surface area contributed by atoms with E-state index in [2.05, 4.69) is 6.92 Å². The second-order valence-corrected chi connectivity index (χ2v) is 7.79. The van der Waals surface area contributed by atoms with Crippen LogP contribution in [0, 0.1) is 11.7 Å². The highest BCUT2D eigenvalue weighted by molar-refractivity contribution is 5.97. The van der Waals surface area contributed by atoms with E-state index >= 15 is 4.39 Å². The lowest BCUT2D eigenvalue weighted by molar-refractivity contribution is 0.0694. The molecule has 3 N–H and O–H groups in total. The third kappa shape index (κ3) is 3.34. The Hall–Kier alpha value is -2.32. The minimum Gasteiger partial charge on any atom is -0.487 e. The SMILES string of the molecule is CCC[C@H]1CN(c2c(F)cc3c(=O)c(C(=O)O)cn4c3c2OC[C@@H]4C)C[C@H]1N.Cl. The zero-order valence-electron chi connectivity index (χ0n) is 16.4. The number of hydrogen-bond donors (Lipinski definition) is 2. The van der Waals surface area contributed by atoms with Gasteiger partial charge in [0, 0.05) is 25.3 Å². The Labute approximate surface area is 173 Å². The highest BCUT2D eigenvalue weighted by atomic mass is 35.5. The molecule has 0 radical (unpaired) electrons. The Morgan fingerprint density at radius 1 is 1.41 bits per heavy atom. The Kier molecular flexibility index (Phi) is 5.78. The van der Waals surface area contributed by atoms with Gasteiger partial charge in [0.25, 0.3) is 0 Å². The average Bonchev–Trinajstić information content (AvgIpc) is 2.99. The van der Waals surface area contributed by atoms with Crippen LogP contribution in [0.2, 0.25) is 0 Å². The van der Waals surface area contributed by atoms with Crippen LogP contribution in [0.1, 0.15) is 43.1 Å². The van der Waals surface area contributed by atoms with Crippen LogP contribution in [-0.4, -0.2) is 41.4 Å². The van der Waals surface area contributed by atoms with Crippen molar-refractivity contribution in [3.8, 4) is 5.75 Å².